The molecule has 0 aliphatic rings. The Hall–Kier alpha value is -2.98. The molecule has 2 aromatic carbocycles. The lowest BCUT2D eigenvalue weighted by Crippen LogP contribution is -2.37. The van der Waals surface area contributed by atoms with Gasteiger partial charge in [-0.3, -0.25) is 4.79 Å². The lowest BCUT2D eigenvalue weighted by Gasteiger charge is -2.25. The minimum atomic E-state index is -3.75. The summed E-state index contributed by atoms with van der Waals surface area (Å²) in [5, 5.41) is 10.8. The third-order valence-corrected chi connectivity index (χ3v) is 7.32. The lowest BCUT2D eigenvalue weighted by molar-refractivity contribution is 0.0954. The number of sulfonamides is 1. The Morgan fingerprint density at radius 2 is 1.81 bits per heavy atom. The number of ether oxygens (including phenoxy) is 1. The number of amides is 1. The van der Waals surface area contributed by atoms with Crippen LogP contribution in [0.15, 0.2) is 58.9 Å². The van der Waals surface area contributed by atoms with Crippen LogP contribution in [0.2, 0.25) is 0 Å². The van der Waals surface area contributed by atoms with Gasteiger partial charge in [0.05, 0.1) is 12.0 Å². The highest BCUT2D eigenvalue weighted by molar-refractivity contribution is 7.93. The molecule has 1 amide bonds. The number of benzene rings is 2. The summed E-state index contributed by atoms with van der Waals surface area (Å²) >= 11 is 1.18. The van der Waals surface area contributed by atoms with Gasteiger partial charge in [-0.2, -0.15) is 0 Å². The Morgan fingerprint density at radius 1 is 1.13 bits per heavy atom. The lowest BCUT2D eigenvalue weighted by atomic mass is 10.1. The van der Waals surface area contributed by atoms with Crippen molar-refractivity contribution >= 4 is 32.4 Å². The van der Waals surface area contributed by atoms with Crippen molar-refractivity contribution in [3.8, 4) is 5.75 Å². The zero-order chi connectivity index (χ0) is 22.4. The maximum Gasteiger partial charge on any atom is 0.266 e. The van der Waals surface area contributed by atoms with E-state index in [0.29, 0.717) is 29.4 Å². The first-order valence-corrected chi connectivity index (χ1v) is 12.0. The van der Waals surface area contributed by atoms with Gasteiger partial charge >= 0.3 is 0 Å². The van der Waals surface area contributed by atoms with Crippen molar-refractivity contribution in [1.29, 1.82) is 0 Å². The summed E-state index contributed by atoms with van der Waals surface area (Å²) in [5.74, 6) is 0.514. The Balaban J connectivity index is 1.62. The molecule has 3 rings (SSSR count). The fourth-order valence-electron chi connectivity index (χ4n) is 2.97. The molecule has 0 fully saturated rings. The van der Waals surface area contributed by atoms with Gasteiger partial charge in [0.15, 0.2) is 0 Å². The van der Waals surface area contributed by atoms with E-state index in [1.54, 1.807) is 69.5 Å². The molecule has 1 aromatic heterocycles. The average molecular weight is 461 g/mol. The number of rotatable bonds is 9. The van der Waals surface area contributed by atoms with E-state index >= 15 is 0 Å². The summed E-state index contributed by atoms with van der Waals surface area (Å²) in [6.45, 7) is 4.01. The van der Waals surface area contributed by atoms with E-state index in [0.717, 1.165) is 5.56 Å². The van der Waals surface area contributed by atoms with E-state index in [9.17, 15) is 13.2 Å². The largest absolute Gasteiger partial charge is 0.497 e. The molecule has 164 valence electrons. The molecule has 0 saturated carbocycles. The molecular weight excluding hydrogens is 436 g/mol. The molecule has 0 aliphatic heterocycles. The molecule has 0 saturated heterocycles. The minimum absolute atomic E-state index is 0.175. The first-order chi connectivity index (χ1) is 14.8. The maximum absolute atomic E-state index is 13.1. The molecule has 8 nitrogen and oxygen atoms in total. The highest BCUT2D eigenvalue weighted by Gasteiger charge is 2.29. The van der Waals surface area contributed by atoms with E-state index in [-0.39, 0.29) is 16.8 Å². The summed E-state index contributed by atoms with van der Waals surface area (Å²) in [6.07, 6.45) is 0.576. The van der Waals surface area contributed by atoms with Gasteiger partial charge in [-0.1, -0.05) is 23.5 Å². The van der Waals surface area contributed by atoms with Gasteiger partial charge in [-0.15, -0.1) is 10.2 Å². The molecule has 0 unspecified atom stereocenters. The highest BCUT2D eigenvalue weighted by atomic mass is 32.2. The topological polar surface area (TPSA) is 101 Å². The van der Waals surface area contributed by atoms with Crippen molar-refractivity contribution in [3.63, 3.8) is 0 Å². The Kier molecular flexibility index (Phi) is 7.24. The number of hydrogen-bond donors (Lipinski definition) is 1. The molecule has 10 heteroatoms. The Labute approximate surface area is 185 Å². The number of hydrogen-bond acceptors (Lipinski definition) is 7. The van der Waals surface area contributed by atoms with Gasteiger partial charge in [0, 0.05) is 18.2 Å². The molecule has 1 N–H and O–H groups in total. The van der Waals surface area contributed by atoms with Crippen LogP contribution in [-0.2, 0) is 16.4 Å². The second-order valence-electron chi connectivity index (χ2n) is 6.99. The van der Waals surface area contributed by atoms with Crippen LogP contribution >= 0.6 is 11.3 Å². The third-order valence-electron chi connectivity index (χ3n) is 4.54. The van der Waals surface area contributed by atoms with Crippen LogP contribution in [0.1, 0.15) is 29.8 Å². The van der Waals surface area contributed by atoms with Crippen LogP contribution in [0.5, 0.6) is 5.75 Å². The molecular formula is C21H24N4O4S2. The Morgan fingerprint density at radius 3 is 2.35 bits per heavy atom. The molecule has 3 aromatic rings. The third kappa shape index (κ3) is 5.39. The predicted molar refractivity (Wildman–Crippen MR) is 120 cm³/mol. The zero-order valence-electron chi connectivity index (χ0n) is 17.5. The molecule has 0 atom stereocenters. The predicted octanol–water partition coefficient (Wildman–Crippen LogP) is 3.12. The van der Waals surface area contributed by atoms with Crippen LogP contribution in [0.4, 0.5) is 5.13 Å². The molecule has 0 aliphatic carbocycles. The van der Waals surface area contributed by atoms with Gasteiger partial charge in [0.2, 0.25) is 5.13 Å². The zero-order valence-corrected chi connectivity index (χ0v) is 19.1. The summed E-state index contributed by atoms with van der Waals surface area (Å²) in [5.41, 5.74) is 2.97. The fourth-order valence-corrected chi connectivity index (χ4v) is 5.50. The van der Waals surface area contributed by atoms with Crippen LogP contribution < -0.4 is 14.4 Å². The highest BCUT2D eigenvalue weighted by Crippen LogP contribution is 2.27. The van der Waals surface area contributed by atoms with Crippen molar-refractivity contribution in [2.45, 2.75) is 31.2 Å². The van der Waals surface area contributed by atoms with Crippen molar-refractivity contribution in [3.05, 3.63) is 65.2 Å². The van der Waals surface area contributed by atoms with E-state index in [1.807, 2.05) is 0 Å². The van der Waals surface area contributed by atoms with E-state index < -0.39 is 10.0 Å². The molecule has 0 bridgehead atoms. The van der Waals surface area contributed by atoms with E-state index in [2.05, 4.69) is 15.5 Å². The summed E-state index contributed by atoms with van der Waals surface area (Å²) in [6, 6.07) is 13.2. The molecule has 31 heavy (non-hydrogen) atoms. The Bertz CT molecular complexity index is 1100. The number of methoxy groups -OCH3 is 1. The summed E-state index contributed by atoms with van der Waals surface area (Å²) in [4.78, 5) is 12.4. The van der Waals surface area contributed by atoms with Crippen LogP contribution in [0.3, 0.4) is 0 Å². The number of aromatic nitrogens is 2. The van der Waals surface area contributed by atoms with Crippen molar-refractivity contribution in [1.82, 2.24) is 15.5 Å². The number of nitrogens with zero attached hydrogens (tertiary/aromatic N) is 3. The SMILES string of the molecule is COc1ccc(C(=O)NCCc2ccc(S(=O)(=O)N(c3nncs3)C(C)C)cc2)cc1. The minimum Gasteiger partial charge on any atom is -0.497 e. The standard InChI is InChI=1S/C21H24N4O4S2/c1-15(2)25(21-24-23-14-30-21)31(27,28)19-10-4-16(5-11-19)12-13-22-20(26)17-6-8-18(29-3)9-7-17/h4-11,14-15H,12-13H2,1-3H3,(H,22,26). The number of anilines is 1. The average Bonchev–Trinajstić information content (AvgIpc) is 3.27. The summed E-state index contributed by atoms with van der Waals surface area (Å²) < 4.78 is 32.5. The van der Waals surface area contributed by atoms with Gasteiger partial charge in [-0.05, 0) is 62.2 Å². The fraction of sp³-hybridized carbons (Fsp3) is 0.286. The first kappa shape index (κ1) is 22.7. The maximum atomic E-state index is 13.1. The quantitative estimate of drug-likeness (QED) is 0.526. The number of carbonyl (C=O) groups is 1. The molecule has 0 radical (unpaired) electrons. The monoisotopic (exact) mass is 460 g/mol. The number of carbonyl (C=O) groups excluding carboxylic acids is 1. The van der Waals surface area contributed by atoms with Gasteiger partial charge in [-0.25, -0.2) is 12.7 Å². The second kappa shape index (κ2) is 9.88. The molecule has 1 heterocycles. The van der Waals surface area contributed by atoms with Crippen LogP contribution in [-0.4, -0.2) is 44.2 Å². The second-order valence-corrected chi connectivity index (χ2v) is 9.62. The van der Waals surface area contributed by atoms with Gasteiger partial charge in [0.25, 0.3) is 15.9 Å². The van der Waals surface area contributed by atoms with Crippen molar-refractivity contribution in [2.24, 2.45) is 0 Å². The van der Waals surface area contributed by atoms with Crippen molar-refractivity contribution < 1.29 is 17.9 Å². The van der Waals surface area contributed by atoms with Crippen LogP contribution in [0, 0.1) is 0 Å². The van der Waals surface area contributed by atoms with Crippen LogP contribution in [0.25, 0.3) is 0 Å². The van der Waals surface area contributed by atoms with E-state index in [4.69, 9.17) is 4.74 Å². The van der Waals surface area contributed by atoms with Gasteiger partial charge in [0.1, 0.15) is 11.3 Å². The smallest absolute Gasteiger partial charge is 0.266 e. The summed E-state index contributed by atoms with van der Waals surface area (Å²) in [7, 11) is -2.18. The van der Waals surface area contributed by atoms with Gasteiger partial charge < -0.3 is 10.1 Å². The normalized spacial score (nSPS) is 11.4. The van der Waals surface area contributed by atoms with Crippen molar-refractivity contribution in [2.75, 3.05) is 18.0 Å². The number of nitrogens with one attached hydrogen (secondary N) is 1. The van der Waals surface area contributed by atoms with E-state index in [1.165, 1.54) is 21.2 Å². The molecule has 0 spiro atoms. The first-order valence-electron chi connectivity index (χ1n) is 9.64.